The number of anilines is 2. The number of ether oxygens (including phenoxy) is 1. The Labute approximate surface area is 203 Å². The molecular formula is C27H27FN6O. The topological polar surface area (TPSA) is 88.3 Å². The molecule has 1 saturated carbocycles. The highest BCUT2D eigenvalue weighted by atomic mass is 19.1. The molecule has 7 rings (SSSR count). The van der Waals surface area contributed by atoms with Crippen molar-refractivity contribution in [2.45, 2.75) is 31.8 Å². The largest absolute Gasteiger partial charge is 0.424 e. The Hall–Kier alpha value is -3.65. The zero-order valence-electron chi connectivity index (χ0n) is 19.6. The van der Waals surface area contributed by atoms with Gasteiger partial charge in [-0.25, -0.2) is 4.39 Å². The second-order valence-electron chi connectivity index (χ2n) is 10.2. The Balaban J connectivity index is 1.32. The van der Waals surface area contributed by atoms with Crippen molar-refractivity contribution in [3.63, 3.8) is 0 Å². The van der Waals surface area contributed by atoms with E-state index in [9.17, 15) is 4.39 Å². The van der Waals surface area contributed by atoms with E-state index in [0.29, 0.717) is 18.2 Å². The third-order valence-corrected chi connectivity index (χ3v) is 8.09. The van der Waals surface area contributed by atoms with E-state index in [0.717, 1.165) is 77.6 Å². The SMILES string of the molecule is C=C1NCc2ccc(Oc3nc4c(c(N5CC[C@@]6(C[C@H]6N)C5)n3)-c3cc(F)cc(NC)c3C4)cc21. The number of hydrogen-bond donors (Lipinski definition) is 3. The van der Waals surface area contributed by atoms with Gasteiger partial charge in [0.15, 0.2) is 0 Å². The Bertz CT molecular complexity index is 1420. The van der Waals surface area contributed by atoms with Gasteiger partial charge in [-0.2, -0.15) is 9.97 Å². The number of rotatable bonds is 4. The van der Waals surface area contributed by atoms with Crippen molar-refractivity contribution < 1.29 is 9.13 Å². The molecule has 7 nitrogen and oxygen atoms in total. The molecule has 0 amide bonds. The second kappa shape index (κ2) is 7.18. The maximum atomic E-state index is 14.6. The summed E-state index contributed by atoms with van der Waals surface area (Å²) in [5.41, 5.74) is 14.0. The van der Waals surface area contributed by atoms with E-state index in [-0.39, 0.29) is 17.3 Å². The standard InChI is InChI=1S/C27H27FN6O/c1-14-18-9-17(4-3-15(18)12-31-14)35-26-32-22-10-19-20(7-16(28)8-21(19)30-2)24(22)25(33-26)34-6-5-27(13-34)11-23(27)29/h3-4,7-9,23,30-31H,1,5-6,10-13,29H2,2H3/t23-,27-/m1/s1. The maximum Gasteiger partial charge on any atom is 0.324 e. The summed E-state index contributed by atoms with van der Waals surface area (Å²) >= 11 is 0. The summed E-state index contributed by atoms with van der Waals surface area (Å²) in [5, 5.41) is 6.40. The van der Waals surface area contributed by atoms with Crippen LogP contribution in [-0.2, 0) is 13.0 Å². The lowest BCUT2D eigenvalue weighted by Gasteiger charge is -2.22. The summed E-state index contributed by atoms with van der Waals surface area (Å²) in [4.78, 5) is 12.0. The first-order valence-electron chi connectivity index (χ1n) is 12.1. The molecule has 35 heavy (non-hydrogen) atoms. The van der Waals surface area contributed by atoms with E-state index in [1.54, 1.807) is 6.07 Å². The number of benzene rings is 2. The summed E-state index contributed by atoms with van der Waals surface area (Å²) in [6.07, 6.45) is 2.68. The van der Waals surface area contributed by atoms with E-state index in [1.807, 2.05) is 25.2 Å². The van der Waals surface area contributed by atoms with Crippen LogP contribution >= 0.6 is 0 Å². The number of nitrogens with two attached hydrogens (primary N) is 1. The van der Waals surface area contributed by atoms with Gasteiger partial charge in [-0.15, -0.1) is 0 Å². The van der Waals surface area contributed by atoms with Crippen molar-refractivity contribution in [3.05, 3.63) is 65.1 Å². The van der Waals surface area contributed by atoms with Crippen molar-refractivity contribution >= 4 is 17.2 Å². The molecule has 1 aromatic heterocycles. The normalized spacial score (nSPS) is 23.2. The molecule has 1 saturated heterocycles. The molecule has 4 aliphatic rings. The fraction of sp³-hybridized carbons (Fsp3) is 0.333. The van der Waals surface area contributed by atoms with Gasteiger partial charge in [0.05, 0.1) is 5.69 Å². The molecule has 3 aromatic rings. The smallest absolute Gasteiger partial charge is 0.324 e. The van der Waals surface area contributed by atoms with E-state index in [1.165, 1.54) is 11.6 Å². The Morgan fingerprint density at radius 1 is 1.26 bits per heavy atom. The van der Waals surface area contributed by atoms with Crippen LogP contribution in [0.4, 0.5) is 15.9 Å². The molecule has 2 aliphatic carbocycles. The highest BCUT2D eigenvalue weighted by molar-refractivity contribution is 5.88. The molecule has 0 unspecified atom stereocenters. The van der Waals surface area contributed by atoms with Gasteiger partial charge in [0.25, 0.3) is 0 Å². The molecule has 3 heterocycles. The molecule has 8 heteroatoms. The van der Waals surface area contributed by atoms with Crippen molar-refractivity contribution in [2.24, 2.45) is 11.1 Å². The average molecular weight is 471 g/mol. The zero-order chi connectivity index (χ0) is 23.9. The van der Waals surface area contributed by atoms with Crippen LogP contribution in [-0.4, -0.2) is 36.1 Å². The van der Waals surface area contributed by atoms with Crippen molar-refractivity contribution in [2.75, 3.05) is 30.4 Å². The molecule has 2 fully saturated rings. The number of aromatic nitrogens is 2. The first-order valence-corrected chi connectivity index (χ1v) is 12.1. The molecule has 2 aliphatic heterocycles. The third-order valence-electron chi connectivity index (χ3n) is 8.09. The van der Waals surface area contributed by atoms with E-state index in [4.69, 9.17) is 20.4 Å². The minimum atomic E-state index is -0.277. The average Bonchev–Trinajstić information content (AvgIpc) is 3.21. The number of hydrogen-bond acceptors (Lipinski definition) is 7. The number of fused-ring (bicyclic) bond motifs is 4. The molecule has 2 aromatic carbocycles. The lowest BCUT2D eigenvalue weighted by molar-refractivity contribution is 0.440. The van der Waals surface area contributed by atoms with E-state index in [2.05, 4.69) is 22.1 Å². The lowest BCUT2D eigenvalue weighted by atomic mass is 10.0. The summed E-state index contributed by atoms with van der Waals surface area (Å²) in [6.45, 7) is 6.57. The minimum Gasteiger partial charge on any atom is -0.424 e. The van der Waals surface area contributed by atoms with Crippen molar-refractivity contribution in [1.82, 2.24) is 15.3 Å². The third kappa shape index (κ3) is 3.13. The Kier molecular flexibility index (Phi) is 4.25. The minimum absolute atomic E-state index is 0.172. The monoisotopic (exact) mass is 470 g/mol. The van der Waals surface area contributed by atoms with E-state index < -0.39 is 0 Å². The van der Waals surface area contributed by atoms with Crippen LogP contribution in [0, 0.1) is 11.2 Å². The van der Waals surface area contributed by atoms with Gasteiger partial charge in [0.1, 0.15) is 17.4 Å². The number of halogens is 1. The molecule has 4 N–H and O–H groups in total. The highest BCUT2D eigenvalue weighted by Gasteiger charge is 2.56. The maximum absolute atomic E-state index is 14.6. The molecule has 178 valence electrons. The quantitative estimate of drug-likeness (QED) is 0.415. The van der Waals surface area contributed by atoms with Crippen LogP contribution in [0.5, 0.6) is 11.8 Å². The summed E-state index contributed by atoms with van der Waals surface area (Å²) in [7, 11) is 1.81. The lowest BCUT2D eigenvalue weighted by Crippen LogP contribution is -2.24. The van der Waals surface area contributed by atoms with Gasteiger partial charge >= 0.3 is 6.01 Å². The first kappa shape index (κ1) is 20.7. The van der Waals surface area contributed by atoms with Crippen LogP contribution in [0.2, 0.25) is 0 Å². The second-order valence-corrected chi connectivity index (χ2v) is 10.2. The van der Waals surface area contributed by atoms with Gasteiger partial charge in [-0.1, -0.05) is 12.6 Å². The fourth-order valence-corrected chi connectivity index (χ4v) is 5.97. The summed E-state index contributed by atoms with van der Waals surface area (Å²) < 4.78 is 20.8. The first-order chi connectivity index (χ1) is 16.9. The van der Waals surface area contributed by atoms with Gasteiger partial charge in [0.2, 0.25) is 0 Å². The Morgan fingerprint density at radius 2 is 2.11 bits per heavy atom. The molecule has 2 atom stereocenters. The highest BCUT2D eigenvalue weighted by Crippen LogP contribution is 2.54. The van der Waals surface area contributed by atoms with Gasteiger partial charge in [0, 0.05) is 67.1 Å². The Morgan fingerprint density at radius 3 is 2.89 bits per heavy atom. The molecular weight excluding hydrogens is 443 g/mol. The molecule has 0 radical (unpaired) electrons. The zero-order valence-corrected chi connectivity index (χ0v) is 19.6. The fourth-order valence-electron chi connectivity index (χ4n) is 5.97. The van der Waals surface area contributed by atoms with Gasteiger partial charge < -0.3 is 26.0 Å². The van der Waals surface area contributed by atoms with Gasteiger partial charge in [-0.3, -0.25) is 0 Å². The predicted molar refractivity (Wildman–Crippen MR) is 134 cm³/mol. The molecule has 1 spiro atoms. The summed E-state index contributed by atoms with van der Waals surface area (Å²) in [5.74, 6) is 1.19. The van der Waals surface area contributed by atoms with E-state index >= 15 is 0 Å². The van der Waals surface area contributed by atoms with Crippen LogP contribution in [0.25, 0.3) is 16.8 Å². The predicted octanol–water partition coefficient (Wildman–Crippen LogP) is 4.02. The van der Waals surface area contributed by atoms with Crippen molar-refractivity contribution in [1.29, 1.82) is 0 Å². The van der Waals surface area contributed by atoms with Crippen LogP contribution < -0.4 is 26.0 Å². The molecule has 0 bridgehead atoms. The van der Waals surface area contributed by atoms with Crippen LogP contribution in [0.3, 0.4) is 0 Å². The van der Waals surface area contributed by atoms with Crippen molar-refractivity contribution in [3.8, 4) is 22.9 Å². The number of nitrogens with one attached hydrogen (secondary N) is 2. The van der Waals surface area contributed by atoms with Gasteiger partial charge in [-0.05, 0) is 53.8 Å². The van der Waals surface area contributed by atoms with Crippen LogP contribution in [0.1, 0.15) is 35.2 Å². The number of nitrogens with zero attached hydrogens (tertiary/aromatic N) is 3. The summed E-state index contributed by atoms with van der Waals surface area (Å²) in [6, 6.07) is 9.64. The van der Waals surface area contributed by atoms with Crippen LogP contribution in [0.15, 0.2) is 36.9 Å².